The number of hydrogen-bond donors (Lipinski definition) is 3. The number of rotatable bonds is 5. The fraction of sp³-hybridized carbons (Fsp3) is 0.429. The average molecular weight is 298 g/mol. The second-order valence-electron chi connectivity index (χ2n) is 4.95. The number of hydrogen-bond acceptors (Lipinski definition) is 3. The first-order valence-electron chi connectivity index (χ1n) is 6.43. The van der Waals surface area contributed by atoms with Gasteiger partial charge in [-0.3, -0.25) is 9.59 Å². The maximum absolute atomic E-state index is 12.1. The Balaban J connectivity index is 2.81. The molecule has 0 aliphatic carbocycles. The second-order valence-corrected chi connectivity index (χ2v) is 5.36. The number of carbonyl (C=O) groups is 2. The summed E-state index contributed by atoms with van der Waals surface area (Å²) in [5.74, 6) is -0.421. The van der Waals surface area contributed by atoms with Crippen LogP contribution in [-0.2, 0) is 9.59 Å². The molecule has 6 heteroatoms. The van der Waals surface area contributed by atoms with Crippen LogP contribution in [0.5, 0.6) is 0 Å². The molecule has 0 fully saturated rings. The highest BCUT2D eigenvalue weighted by atomic mass is 35.5. The zero-order chi connectivity index (χ0) is 15.3. The number of carbonyl (C=O) groups excluding carboxylic acids is 2. The molecule has 1 rings (SSSR count). The van der Waals surface area contributed by atoms with Crippen molar-refractivity contribution in [2.24, 2.45) is 17.6 Å². The van der Waals surface area contributed by atoms with E-state index in [4.69, 9.17) is 17.3 Å². The maximum Gasteiger partial charge on any atom is 0.229 e. The molecule has 0 spiro atoms. The molecular formula is C14H20ClN3O2. The summed E-state index contributed by atoms with van der Waals surface area (Å²) in [6.45, 7) is 5.59. The molecule has 1 aromatic rings. The van der Waals surface area contributed by atoms with Crippen molar-refractivity contribution < 1.29 is 9.59 Å². The first kappa shape index (κ1) is 16.5. The fourth-order valence-electron chi connectivity index (χ4n) is 1.80. The Kier molecular flexibility index (Phi) is 5.98. The molecule has 1 unspecified atom stereocenters. The maximum atomic E-state index is 12.1. The van der Waals surface area contributed by atoms with Crippen LogP contribution in [0.4, 0.5) is 11.4 Å². The SMILES string of the molecule is CC(=O)Nc1ccc(NC(=O)C(CN)C(C)C)cc1Cl. The number of anilines is 2. The van der Waals surface area contributed by atoms with Crippen molar-refractivity contribution in [2.75, 3.05) is 17.2 Å². The third kappa shape index (κ3) is 4.51. The number of benzene rings is 1. The molecule has 0 bridgehead atoms. The third-order valence-corrected chi connectivity index (χ3v) is 3.26. The van der Waals surface area contributed by atoms with Gasteiger partial charge >= 0.3 is 0 Å². The normalized spacial score (nSPS) is 12.1. The number of nitrogens with two attached hydrogens (primary N) is 1. The molecule has 20 heavy (non-hydrogen) atoms. The Bertz CT molecular complexity index is 503. The number of halogens is 1. The van der Waals surface area contributed by atoms with Crippen LogP contribution in [0.1, 0.15) is 20.8 Å². The van der Waals surface area contributed by atoms with Crippen LogP contribution in [0.3, 0.4) is 0 Å². The summed E-state index contributed by atoms with van der Waals surface area (Å²) in [5.41, 5.74) is 6.69. The summed E-state index contributed by atoms with van der Waals surface area (Å²) in [6, 6.07) is 4.92. The minimum absolute atomic E-state index is 0.133. The summed E-state index contributed by atoms with van der Waals surface area (Å²) in [5, 5.41) is 5.75. The molecular weight excluding hydrogens is 278 g/mol. The van der Waals surface area contributed by atoms with Gasteiger partial charge in [-0.25, -0.2) is 0 Å². The van der Waals surface area contributed by atoms with Crippen molar-refractivity contribution in [2.45, 2.75) is 20.8 Å². The summed E-state index contributed by atoms with van der Waals surface area (Å²) in [4.78, 5) is 23.0. The van der Waals surface area contributed by atoms with Gasteiger partial charge in [-0.1, -0.05) is 25.4 Å². The van der Waals surface area contributed by atoms with Crippen LogP contribution in [0.2, 0.25) is 5.02 Å². The molecule has 0 aliphatic rings. The van der Waals surface area contributed by atoms with E-state index in [0.29, 0.717) is 22.9 Å². The van der Waals surface area contributed by atoms with Gasteiger partial charge in [0.1, 0.15) is 0 Å². The number of nitrogens with one attached hydrogen (secondary N) is 2. The molecule has 0 radical (unpaired) electrons. The molecule has 0 aliphatic heterocycles. The zero-order valence-electron chi connectivity index (χ0n) is 11.9. The van der Waals surface area contributed by atoms with Crippen molar-refractivity contribution in [1.29, 1.82) is 0 Å². The van der Waals surface area contributed by atoms with Crippen LogP contribution in [0, 0.1) is 11.8 Å². The first-order valence-corrected chi connectivity index (χ1v) is 6.81. The van der Waals surface area contributed by atoms with Gasteiger partial charge in [0.05, 0.1) is 16.6 Å². The molecule has 0 aromatic heterocycles. The molecule has 1 atom stereocenters. The average Bonchev–Trinajstić information content (AvgIpc) is 2.32. The van der Waals surface area contributed by atoms with E-state index in [1.54, 1.807) is 18.2 Å². The molecule has 110 valence electrons. The second kappa shape index (κ2) is 7.26. The van der Waals surface area contributed by atoms with Crippen LogP contribution < -0.4 is 16.4 Å². The Morgan fingerprint density at radius 1 is 1.30 bits per heavy atom. The van der Waals surface area contributed by atoms with E-state index < -0.39 is 0 Å². The molecule has 4 N–H and O–H groups in total. The van der Waals surface area contributed by atoms with Crippen molar-refractivity contribution in [1.82, 2.24) is 0 Å². The summed E-state index contributed by atoms with van der Waals surface area (Å²) < 4.78 is 0. The summed E-state index contributed by atoms with van der Waals surface area (Å²) in [7, 11) is 0. The van der Waals surface area contributed by atoms with Crippen LogP contribution in [0.25, 0.3) is 0 Å². The molecule has 0 saturated heterocycles. The van der Waals surface area contributed by atoms with E-state index in [9.17, 15) is 9.59 Å². The minimum atomic E-state index is -0.246. The van der Waals surface area contributed by atoms with E-state index in [-0.39, 0.29) is 23.7 Å². The lowest BCUT2D eigenvalue weighted by Gasteiger charge is -2.18. The predicted molar refractivity (Wildman–Crippen MR) is 81.8 cm³/mol. The smallest absolute Gasteiger partial charge is 0.229 e. The van der Waals surface area contributed by atoms with E-state index >= 15 is 0 Å². The predicted octanol–water partition coefficient (Wildman–Crippen LogP) is 2.47. The fourth-order valence-corrected chi connectivity index (χ4v) is 2.03. The molecule has 0 saturated carbocycles. The molecule has 1 aromatic carbocycles. The van der Waals surface area contributed by atoms with Crippen molar-refractivity contribution in [3.8, 4) is 0 Å². The Morgan fingerprint density at radius 2 is 1.95 bits per heavy atom. The van der Waals surface area contributed by atoms with Gasteiger partial charge in [-0.2, -0.15) is 0 Å². The van der Waals surface area contributed by atoms with Gasteiger partial charge < -0.3 is 16.4 Å². The van der Waals surface area contributed by atoms with Gasteiger partial charge in [-0.15, -0.1) is 0 Å². The minimum Gasteiger partial charge on any atom is -0.330 e. The van der Waals surface area contributed by atoms with Crippen molar-refractivity contribution in [3.63, 3.8) is 0 Å². The summed E-state index contributed by atoms with van der Waals surface area (Å²) >= 11 is 6.04. The Morgan fingerprint density at radius 3 is 2.40 bits per heavy atom. The molecule has 2 amide bonds. The van der Waals surface area contributed by atoms with Crippen molar-refractivity contribution in [3.05, 3.63) is 23.2 Å². The summed E-state index contributed by atoms with van der Waals surface area (Å²) in [6.07, 6.45) is 0. The van der Waals surface area contributed by atoms with Gasteiger partial charge in [0.2, 0.25) is 11.8 Å². The van der Waals surface area contributed by atoms with Crippen molar-refractivity contribution >= 4 is 34.8 Å². The largest absolute Gasteiger partial charge is 0.330 e. The third-order valence-electron chi connectivity index (χ3n) is 2.94. The van der Waals surface area contributed by atoms with E-state index in [1.165, 1.54) is 6.92 Å². The standard InChI is InChI=1S/C14H20ClN3O2/c1-8(2)11(7-16)14(20)18-10-4-5-13(12(15)6-10)17-9(3)19/h4-6,8,11H,7,16H2,1-3H3,(H,17,19)(H,18,20). The molecule has 5 nitrogen and oxygen atoms in total. The number of amides is 2. The van der Waals surface area contributed by atoms with Gasteiger partial charge in [0, 0.05) is 19.2 Å². The van der Waals surface area contributed by atoms with E-state index in [0.717, 1.165) is 0 Å². The lowest BCUT2D eigenvalue weighted by Crippen LogP contribution is -2.33. The van der Waals surface area contributed by atoms with E-state index in [2.05, 4.69) is 10.6 Å². The van der Waals surface area contributed by atoms with Crippen LogP contribution in [-0.4, -0.2) is 18.4 Å². The van der Waals surface area contributed by atoms with Gasteiger partial charge in [-0.05, 0) is 24.1 Å². The van der Waals surface area contributed by atoms with E-state index in [1.807, 2.05) is 13.8 Å². The Labute approximate surface area is 123 Å². The van der Waals surface area contributed by atoms with Gasteiger partial charge in [0.15, 0.2) is 0 Å². The highest BCUT2D eigenvalue weighted by molar-refractivity contribution is 6.34. The topological polar surface area (TPSA) is 84.2 Å². The van der Waals surface area contributed by atoms with Crippen LogP contribution >= 0.6 is 11.6 Å². The quantitative estimate of drug-likeness (QED) is 0.780. The monoisotopic (exact) mass is 297 g/mol. The Hall–Kier alpha value is -1.59. The van der Waals surface area contributed by atoms with Crippen LogP contribution in [0.15, 0.2) is 18.2 Å². The zero-order valence-corrected chi connectivity index (χ0v) is 12.6. The lowest BCUT2D eigenvalue weighted by molar-refractivity contribution is -0.120. The van der Waals surface area contributed by atoms with Gasteiger partial charge in [0.25, 0.3) is 0 Å². The highest BCUT2D eigenvalue weighted by Gasteiger charge is 2.20. The molecule has 0 heterocycles. The first-order chi connectivity index (χ1) is 9.35. The lowest BCUT2D eigenvalue weighted by atomic mass is 9.95. The highest BCUT2D eigenvalue weighted by Crippen LogP contribution is 2.26.